The van der Waals surface area contributed by atoms with Gasteiger partial charge in [-0.05, 0) is 36.1 Å². The lowest BCUT2D eigenvalue weighted by molar-refractivity contribution is 0.112. The van der Waals surface area contributed by atoms with Gasteiger partial charge in [0.2, 0.25) is 0 Å². The van der Waals surface area contributed by atoms with Crippen LogP contribution >= 0.6 is 11.6 Å². The van der Waals surface area contributed by atoms with Gasteiger partial charge < -0.3 is 0 Å². The van der Waals surface area contributed by atoms with E-state index in [0.717, 1.165) is 22.8 Å². The van der Waals surface area contributed by atoms with Crippen molar-refractivity contribution in [2.45, 2.75) is 26.7 Å². The molecule has 0 aliphatic rings. The summed E-state index contributed by atoms with van der Waals surface area (Å²) in [5.41, 5.74) is 3.46. The predicted molar refractivity (Wildman–Crippen MR) is 71.0 cm³/mol. The fourth-order valence-electron chi connectivity index (χ4n) is 1.91. The first-order valence-corrected chi connectivity index (χ1v) is 5.97. The molecule has 0 aliphatic carbocycles. The Morgan fingerprint density at radius 1 is 1.35 bits per heavy atom. The van der Waals surface area contributed by atoms with Crippen molar-refractivity contribution < 1.29 is 4.79 Å². The van der Waals surface area contributed by atoms with E-state index in [0.29, 0.717) is 11.5 Å². The predicted octanol–water partition coefficient (Wildman–Crippen LogP) is 4.13. The number of hydrogen-bond donors (Lipinski definition) is 0. The smallest absolute Gasteiger partial charge is 0.153 e. The fourth-order valence-corrected chi connectivity index (χ4v) is 2.19. The number of benzene rings is 1. The molecular weight excluding hydrogens is 234 g/mol. The van der Waals surface area contributed by atoms with Crippen LogP contribution in [0, 0.1) is 6.92 Å². The number of aromatic nitrogens is 1. The van der Waals surface area contributed by atoms with Gasteiger partial charge in [-0.25, -0.2) is 4.98 Å². The van der Waals surface area contributed by atoms with Crippen LogP contribution in [0.5, 0.6) is 0 Å². The molecule has 88 valence electrons. The second-order valence-electron chi connectivity index (χ2n) is 4.49. The van der Waals surface area contributed by atoms with E-state index in [4.69, 9.17) is 11.6 Å². The number of hydrogen-bond acceptors (Lipinski definition) is 2. The summed E-state index contributed by atoms with van der Waals surface area (Å²) in [6, 6.07) is 6.10. The average Bonchev–Trinajstić information content (AvgIpc) is 2.29. The first-order chi connectivity index (χ1) is 8.04. The Balaban J connectivity index is 2.80. The molecule has 0 bridgehead atoms. The first-order valence-electron chi connectivity index (χ1n) is 5.59. The topological polar surface area (TPSA) is 30.0 Å². The molecule has 2 aromatic rings. The minimum atomic E-state index is 0.280. The number of aldehydes is 1. The number of carbonyl (C=O) groups is 1. The summed E-state index contributed by atoms with van der Waals surface area (Å²) >= 11 is 5.97. The molecule has 0 amide bonds. The third kappa shape index (κ3) is 2.05. The normalized spacial score (nSPS) is 11.1. The van der Waals surface area contributed by atoms with Crippen LogP contribution in [0.25, 0.3) is 10.9 Å². The monoisotopic (exact) mass is 247 g/mol. The second-order valence-corrected chi connectivity index (χ2v) is 4.85. The third-order valence-corrected chi connectivity index (χ3v) is 3.34. The number of nitrogens with zero attached hydrogens (tertiary/aromatic N) is 1. The van der Waals surface area contributed by atoms with E-state index >= 15 is 0 Å². The lowest BCUT2D eigenvalue weighted by atomic mass is 9.98. The highest BCUT2D eigenvalue weighted by molar-refractivity contribution is 6.32. The van der Waals surface area contributed by atoms with Crippen molar-refractivity contribution in [3.63, 3.8) is 0 Å². The molecule has 2 nitrogen and oxygen atoms in total. The molecule has 17 heavy (non-hydrogen) atoms. The highest BCUT2D eigenvalue weighted by Crippen LogP contribution is 2.27. The maximum atomic E-state index is 11.0. The zero-order valence-electron chi connectivity index (χ0n) is 10.1. The Hall–Kier alpha value is -1.41. The minimum Gasteiger partial charge on any atom is -0.298 e. The maximum absolute atomic E-state index is 11.0. The van der Waals surface area contributed by atoms with E-state index < -0.39 is 0 Å². The van der Waals surface area contributed by atoms with E-state index in [1.165, 1.54) is 5.56 Å². The molecule has 3 heteroatoms. The van der Waals surface area contributed by atoms with Crippen molar-refractivity contribution in [3.8, 4) is 0 Å². The lowest BCUT2D eigenvalue weighted by Crippen LogP contribution is -1.96. The molecule has 0 aliphatic heterocycles. The van der Waals surface area contributed by atoms with Crippen LogP contribution < -0.4 is 0 Å². The Kier molecular flexibility index (Phi) is 3.16. The van der Waals surface area contributed by atoms with Gasteiger partial charge in [0.1, 0.15) is 5.15 Å². The van der Waals surface area contributed by atoms with Gasteiger partial charge in [0, 0.05) is 5.39 Å². The molecule has 0 radical (unpaired) electrons. The van der Waals surface area contributed by atoms with Gasteiger partial charge in [-0.2, -0.15) is 0 Å². The number of rotatable bonds is 2. The van der Waals surface area contributed by atoms with Gasteiger partial charge in [0.15, 0.2) is 6.29 Å². The van der Waals surface area contributed by atoms with E-state index in [-0.39, 0.29) is 5.15 Å². The Morgan fingerprint density at radius 3 is 2.65 bits per heavy atom. The fraction of sp³-hybridized carbons (Fsp3) is 0.286. The van der Waals surface area contributed by atoms with Crippen LogP contribution in [0.15, 0.2) is 18.2 Å². The molecule has 0 saturated carbocycles. The molecule has 0 spiro atoms. The number of carbonyl (C=O) groups excluding carboxylic acids is 1. The van der Waals surface area contributed by atoms with Gasteiger partial charge in [-0.1, -0.05) is 31.5 Å². The summed E-state index contributed by atoms with van der Waals surface area (Å²) < 4.78 is 0. The van der Waals surface area contributed by atoms with E-state index in [9.17, 15) is 4.79 Å². The van der Waals surface area contributed by atoms with Crippen molar-refractivity contribution in [2.24, 2.45) is 0 Å². The molecule has 1 aromatic carbocycles. The third-order valence-electron chi connectivity index (χ3n) is 3.05. The lowest BCUT2D eigenvalue weighted by Gasteiger charge is -2.10. The maximum Gasteiger partial charge on any atom is 0.153 e. The average molecular weight is 248 g/mol. The van der Waals surface area contributed by atoms with Gasteiger partial charge in [-0.15, -0.1) is 0 Å². The van der Waals surface area contributed by atoms with Crippen LogP contribution in [0.1, 0.15) is 41.3 Å². The SMILES string of the molecule is Cc1c(C=O)c(Cl)nc2ccc(C(C)C)cc12. The van der Waals surface area contributed by atoms with E-state index in [2.05, 4.69) is 31.0 Å². The number of fused-ring (bicyclic) bond motifs is 1. The van der Waals surface area contributed by atoms with Gasteiger partial charge in [0.05, 0.1) is 11.1 Å². The summed E-state index contributed by atoms with van der Waals surface area (Å²) in [6.45, 7) is 6.19. The summed E-state index contributed by atoms with van der Waals surface area (Å²) in [5.74, 6) is 0.453. The van der Waals surface area contributed by atoms with Crippen LogP contribution in [0.4, 0.5) is 0 Å². The molecule has 0 fully saturated rings. The van der Waals surface area contributed by atoms with Gasteiger partial charge in [-0.3, -0.25) is 4.79 Å². The molecule has 0 N–H and O–H groups in total. The van der Waals surface area contributed by atoms with Crippen molar-refractivity contribution in [3.05, 3.63) is 40.0 Å². The zero-order chi connectivity index (χ0) is 12.6. The van der Waals surface area contributed by atoms with Crippen molar-refractivity contribution in [2.75, 3.05) is 0 Å². The van der Waals surface area contributed by atoms with Gasteiger partial charge >= 0.3 is 0 Å². The summed E-state index contributed by atoms with van der Waals surface area (Å²) in [7, 11) is 0. The Morgan fingerprint density at radius 2 is 2.06 bits per heavy atom. The summed E-state index contributed by atoms with van der Waals surface area (Å²) in [4.78, 5) is 15.2. The minimum absolute atomic E-state index is 0.280. The summed E-state index contributed by atoms with van der Waals surface area (Å²) in [5, 5.41) is 1.28. The van der Waals surface area contributed by atoms with Crippen molar-refractivity contribution in [1.29, 1.82) is 0 Å². The molecule has 1 aromatic heterocycles. The standard InChI is InChI=1S/C14H14ClNO/c1-8(2)10-4-5-13-11(6-10)9(3)12(7-17)14(15)16-13/h4-8H,1-3H3. The van der Waals surface area contributed by atoms with Crippen LogP contribution in [0.2, 0.25) is 5.15 Å². The van der Waals surface area contributed by atoms with Gasteiger partial charge in [0.25, 0.3) is 0 Å². The zero-order valence-corrected chi connectivity index (χ0v) is 10.9. The van der Waals surface area contributed by atoms with Crippen molar-refractivity contribution >= 4 is 28.8 Å². The molecule has 0 unspecified atom stereocenters. The van der Waals surface area contributed by atoms with Crippen LogP contribution in [-0.2, 0) is 0 Å². The molecule has 0 saturated heterocycles. The molecule has 2 rings (SSSR count). The van der Waals surface area contributed by atoms with Crippen molar-refractivity contribution in [1.82, 2.24) is 4.98 Å². The quantitative estimate of drug-likeness (QED) is 0.590. The highest BCUT2D eigenvalue weighted by atomic mass is 35.5. The number of aryl methyl sites for hydroxylation is 1. The second kappa shape index (κ2) is 4.46. The number of pyridine rings is 1. The largest absolute Gasteiger partial charge is 0.298 e. The summed E-state index contributed by atoms with van der Waals surface area (Å²) in [6.07, 6.45) is 0.770. The van der Waals surface area contributed by atoms with Crippen LogP contribution in [-0.4, -0.2) is 11.3 Å². The molecule has 0 atom stereocenters. The number of halogens is 1. The van der Waals surface area contributed by atoms with E-state index in [1.807, 2.05) is 13.0 Å². The van der Waals surface area contributed by atoms with E-state index in [1.54, 1.807) is 0 Å². The Bertz CT molecular complexity index is 590. The molecular formula is C14H14ClNO. The van der Waals surface area contributed by atoms with Crippen LogP contribution in [0.3, 0.4) is 0 Å². The Labute approximate surface area is 106 Å². The highest BCUT2D eigenvalue weighted by Gasteiger charge is 2.11. The molecule has 1 heterocycles. The first kappa shape index (κ1) is 12.1.